The van der Waals surface area contributed by atoms with Crippen LogP contribution in [-0.2, 0) is 22.7 Å². The molecule has 0 spiro atoms. The molecular formula is C25H35N3O3. The Morgan fingerprint density at radius 2 is 1.87 bits per heavy atom. The van der Waals surface area contributed by atoms with Crippen LogP contribution in [0.15, 0.2) is 41.0 Å². The first kappa shape index (κ1) is 22.9. The second-order valence-electron chi connectivity index (χ2n) is 9.92. The van der Waals surface area contributed by atoms with E-state index in [4.69, 9.17) is 4.42 Å². The van der Waals surface area contributed by atoms with Crippen molar-refractivity contribution in [1.82, 2.24) is 4.90 Å². The Kier molecular flexibility index (Phi) is 7.08. The number of furan rings is 1. The third-order valence-corrected chi connectivity index (χ3v) is 5.63. The summed E-state index contributed by atoms with van der Waals surface area (Å²) in [6.07, 6.45) is 5.13. The molecular weight excluding hydrogens is 390 g/mol. The van der Waals surface area contributed by atoms with Gasteiger partial charge in [-0.1, -0.05) is 27.2 Å². The Balaban J connectivity index is 1.85. The number of hydrogen-bond donors (Lipinski definition) is 1. The Hall–Kier alpha value is -2.76. The van der Waals surface area contributed by atoms with Gasteiger partial charge in [-0.25, -0.2) is 0 Å². The van der Waals surface area contributed by atoms with E-state index in [1.54, 1.807) is 6.26 Å². The van der Waals surface area contributed by atoms with Crippen LogP contribution >= 0.6 is 0 Å². The third kappa shape index (κ3) is 6.36. The van der Waals surface area contributed by atoms with Crippen molar-refractivity contribution in [2.75, 3.05) is 24.3 Å². The number of carbonyl (C=O) groups is 2. The zero-order valence-electron chi connectivity index (χ0n) is 19.4. The van der Waals surface area contributed by atoms with Crippen LogP contribution in [0.25, 0.3) is 0 Å². The maximum absolute atomic E-state index is 13.2. The van der Waals surface area contributed by atoms with Crippen molar-refractivity contribution in [2.45, 2.75) is 59.5 Å². The van der Waals surface area contributed by atoms with Gasteiger partial charge in [0.15, 0.2) is 0 Å². The Morgan fingerprint density at radius 3 is 2.42 bits per heavy atom. The number of carbonyl (C=O) groups excluding carboxylic acids is 2. The molecule has 0 saturated heterocycles. The molecule has 0 unspecified atom stereocenters. The average Bonchev–Trinajstić information content (AvgIpc) is 3.11. The fraction of sp³-hybridized carbons (Fsp3) is 0.520. The summed E-state index contributed by atoms with van der Waals surface area (Å²) in [5, 5.41) is 3.06. The molecule has 168 valence electrons. The summed E-state index contributed by atoms with van der Waals surface area (Å²) < 4.78 is 5.52. The monoisotopic (exact) mass is 425 g/mol. The van der Waals surface area contributed by atoms with E-state index in [1.807, 2.05) is 54.2 Å². The quantitative estimate of drug-likeness (QED) is 0.643. The predicted molar refractivity (Wildman–Crippen MR) is 124 cm³/mol. The number of rotatable bonds is 8. The van der Waals surface area contributed by atoms with Crippen molar-refractivity contribution in [3.63, 3.8) is 0 Å². The van der Waals surface area contributed by atoms with Gasteiger partial charge in [0.2, 0.25) is 11.8 Å². The Labute approximate surface area is 185 Å². The summed E-state index contributed by atoms with van der Waals surface area (Å²) in [4.78, 5) is 29.5. The van der Waals surface area contributed by atoms with Crippen molar-refractivity contribution in [2.24, 2.45) is 11.3 Å². The fourth-order valence-electron chi connectivity index (χ4n) is 3.73. The topological polar surface area (TPSA) is 65.8 Å². The lowest BCUT2D eigenvalue weighted by atomic mass is 9.85. The first-order chi connectivity index (χ1) is 14.6. The molecule has 3 rings (SSSR count). The van der Waals surface area contributed by atoms with Gasteiger partial charge < -0.3 is 19.5 Å². The maximum Gasteiger partial charge on any atom is 0.227 e. The van der Waals surface area contributed by atoms with E-state index < -0.39 is 0 Å². The number of nitrogens with zero attached hydrogens (tertiary/aromatic N) is 2. The lowest BCUT2D eigenvalue weighted by Gasteiger charge is -2.29. The first-order valence-electron chi connectivity index (χ1n) is 11.0. The number of anilines is 2. The predicted octanol–water partition coefficient (Wildman–Crippen LogP) is 5.05. The molecule has 1 N–H and O–H groups in total. The van der Waals surface area contributed by atoms with Crippen molar-refractivity contribution < 1.29 is 14.0 Å². The number of hydrogen-bond acceptors (Lipinski definition) is 4. The minimum atomic E-state index is -0.110. The molecule has 6 heteroatoms. The maximum atomic E-state index is 13.2. The fourth-order valence-corrected chi connectivity index (χ4v) is 3.73. The second-order valence-corrected chi connectivity index (χ2v) is 9.92. The van der Waals surface area contributed by atoms with Gasteiger partial charge in [-0.2, -0.15) is 0 Å². The summed E-state index contributed by atoms with van der Waals surface area (Å²) in [6.45, 7) is 7.05. The van der Waals surface area contributed by atoms with E-state index in [0.29, 0.717) is 19.5 Å². The molecule has 0 radical (unpaired) electrons. The van der Waals surface area contributed by atoms with Crippen LogP contribution in [0, 0.1) is 11.3 Å². The van der Waals surface area contributed by atoms with E-state index in [-0.39, 0.29) is 23.1 Å². The minimum Gasteiger partial charge on any atom is -0.467 e. The van der Waals surface area contributed by atoms with Crippen LogP contribution in [0.1, 0.15) is 57.8 Å². The largest absolute Gasteiger partial charge is 0.467 e. The zero-order valence-corrected chi connectivity index (χ0v) is 19.4. The SMILES string of the molecule is CN(C)c1ccc(NC(=O)C2CCC2)cc1CN(Cc1ccco1)C(=O)CC(C)(C)C. The van der Waals surface area contributed by atoms with Gasteiger partial charge >= 0.3 is 0 Å². The zero-order chi connectivity index (χ0) is 22.6. The molecule has 2 aromatic rings. The molecule has 1 aromatic carbocycles. The molecule has 1 aliphatic carbocycles. The van der Waals surface area contributed by atoms with Gasteiger partial charge in [0.1, 0.15) is 5.76 Å². The van der Waals surface area contributed by atoms with Crippen LogP contribution in [-0.4, -0.2) is 30.8 Å². The van der Waals surface area contributed by atoms with Gasteiger partial charge in [-0.3, -0.25) is 9.59 Å². The smallest absolute Gasteiger partial charge is 0.227 e. The third-order valence-electron chi connectivity index (χ3n) is 5.63. The Morgan fingerprint density at radius 1 is 1.13 bits per heavy atom. The van der Waals surface area contributed by atoms with Crippen LogP contribution in [0.5, 0.6) is 0 Å². The number of benzene rings is 1. The number of amides is 2. The highest BCUT2D eigenvalue weighted by molar-refractivity contribution is 5.93. The molecule has 1 aromatic heterocycles. The highest BCUT2D eigenvalue weighted by Gasteiger charge is 2.26. The summed E-state index contributed by atoms with van der Waals surface area (Å²) in [6, 6.07) is 9.66. The lowest BCUT2D eigenvalue weighted by molar-refractivity contribution is -0.134. The van der Waals surface area contributed by atoms with Gasteiger partial charge in [-0.05, 0) is 54.2 Å². The average molecular weight is 426 g/mol. The molecule has 1 heterocycles. The normalized spacial score (nSPS) is 14.1. The van der Waals surface area contributed by atoms with Gasteiger partial charge in [-0.15, -0.1) is 0 Å². The molecule has 2 amide bonds. The molecule has 0 bridgehead atoms. The van der Waals surface area contributed by atoms with Crippen molar-refractivity contribution in [1.29, 1.82) is 0 Å². The van der Waals surface area contributed by atoms with Crippen LogP contribution in [0.4, 0.5) is 11.4 Å². The summed E-state index contributed by atoms with van der Waals surface area (Å²) >= 11 is 0. The van der Waals surface area contributed by atoms with Crippen LogP contribution in [0.3, 0.4) is 0 Å². The Bertz CT molecular complexity index is 893. The molecule has 1 saturated carbocycles. The van der Waals surface area contributed by atoms with Crippen molar-refractivity contribution in [3.8, 4) is 0 Å². The molecule has 31 heavy (non-hydrogen) atoms. The highest BCUT2D eigenvalue weighted by atomic mass is 16.3. The van der Waals surface area contributed by atoms with Gasteiger partial charge in [0.05, 0.1) is 12.8 Å². The van der Waals surface area contributed by atoms with Crippen molar-refractivity contribution >= 4 is 23.2 Å². The standard InChI is InChI=1S/C25H35N3O3/c1-25(2,3)15-23(29)28(17-21-10-7-13-31-21)16-19-14-20(11-12-22(19)27(4)5)26-24(30)18-8-6-9-18/h7,10-14,18H,6,8-9,15-17H2,1-5H3,(H,26,30). The van der Waals surface area contributed by atoms with E-state index in [0.717, 1.165) is 42.0 Å². The van der Waals surface area contributed by atoms with Crippen molar-refractivity contribution in [3.05, 3.63) is 47.9 Å². The minimum absolute atomic E-state index is 0.0810. The van der Waals surface area contributed by atoms with E-state index in [9.17, 15) is 9.59 Å². The van der Waals surface area contributed by atoms with Gasteiger partial charge in [0.25, 0.3) is 0 Å². The summed E-state index contributed by atoms with van der Waals surface area (Å²) in [5.41, 5.74) is 2.68. The molecule has 0 aliphatic heterocycles. The molecule has 0 atom stereocenters. The van der Waals surface area contributed by atoms with E-state index in [1.165, 1.54) is 0 Å². The molecule has 1 fully saturated rings. The van der Waals surface area contributed by atoms with Crippen LogP contribution in [0.2, 0.25) is 0 Å². The van der Waals surface area contributed by atoms with Crippen LogP contribution < -0.4 is 10.2 Å². The molecule has 6 nitrogen and oxygen atoms in total. The number of nitrogens with one attached hydrogen (secondary N) is 1. The van der Waals surface area contributed by atoms with Gasteiger partial charge in [0, 0.05) is 44.4 Å². The summed E-state index contributed by atoms with van der Waals surface area (Å²) in [5.74, 6) is 1.05. The first-order valence-corrected chi connectivity index (χ1v) is 11.0. The highest BCUT2D eigenvalue weighted by Crippen LogP contribution is 2.30. The van der Waals surface area contributed by atoms with E-state index in [2.05, 4.69) is 26.1 Å². The molecule has 1 aliphatic rings. The second kappa shape index (κ2) is 9.58. The lowest BCUT2D eigenvalue weighted by Crippen LogP contribution is -2.33. The van der Waals surface area contributed by atoms with E-state index >= 15 is 0 Å². The summed E-state index contributed by atoms with van der Waals surface area (Å²) in [7, 11) is 3.97.